The summed E-state index contributed by atoms with van der Waals surface area (Å²) < 4.78 is 25.7. The molecule has 0 aliphatic rings. The summed E-state index contributed by atoms with van der Waals surface area (Å²) in [5.74, 6) is 0.0755. The van der Waals surface area contributed by atoms with E-state index in [4.69, 9.17) is 5.73 Å². The van der Waals surface area contributed by atoms with Gasteiger partial charge in [-0.05, 0) is 12.5 Å². The monoisotopic (exact) mass is 246 g/mol. The molecule has 1 unspecified atom stereocenters. The van der Waals surface area contributed by atoms with Crippen molar-refractivity contribution in [3.8, 4) is 0 Å². The molecule has 0 saturated carbocycles. The predicted molar refractivity (Wildman–Crippen MR) is 60.5 cm³/mol. The zero-order valence-corrected chi connectivity index (χ0v) is 9.62. The number of nitrogens with zero attached hydrogens (tertiary/aromatic N) is 1. The van der Waals surface area contributed by atoms with E-state index in [1.807, 2.05) is 0 Å². The fourth-order valence-corrected chi connectivity index (χ4v) is 2.41. The van der Waals surface area contributed by atoms with Crippen LogP contribution in [0.1, 0.15) is 13.3 Å². The minimum atomic E-state index is -3.55. The average Bonchev–Trinajstić information content (AvgIpc) is 2.22. The Morgan fingerprint density at radius 2 is 2.25 bits per heavy atom. The van der Waals surface area contributed by atoms with Crippen molar-refractivity contribution in [2.75, 3.05) is 11.3 Å². The standard InChI is InChI=1S/C8H14N4O3S/c1-2-6(5-9)16(14,15)12-7-3-4-8(13)11-10-7/h3-4,6H,2,5,9H2,1H3,(H,10,12)(H,11,13). The SMILES string of the molecule is CCC(CN)S(=O)(=O)Nc1ccc(=O)[nH]n1. The van der Waals surface area contributed by atoms with Gasteiger partial charge in [0.1, 0.15) is 0 Å². The van der Waals surface area contributed by atoms with Gasteiger partial charge in [0, 0.05) is 12.6 Å². The lowest BCUT2D eigenvalue weighted by Gasteiger charge is -2.14. The molecule has 4 N–H and O–H groups in total. The highest BCUT2D eigenvalue weighted by atomic mass is 32.2. The third kappa shape index (κ3) is 3.04. The van der Waals surface area contributed by atoms with Gasteiger partial charge in [0.2, 0.25) is 10.0 Å². The maximum absolute atomic E-state index is 11.7. The Labute approximate surface area is 93.1 Å². The number of nitrogens with two attached hydrogens (primary N) is 1. The molecule has 0 saturated heterocycles. The number of sulfonamides is 1. The molecule has 0 amide bonds. The molecule has 0 fully saturated rings. The summed E-state index contributed by atoms with van der Waals surface area (Å²) in [6.45, 7) is 1.77. The van der Waals surface area contributed by atoms with E-state index >= 15 is 0 Å². The molecule has 7 nitrogen and oxygen atoms in total. The van der Waals surface area contributed by atoms with E-state index in [9.17, 15) is 13.2 Å². The second-order valence-electron chi connectivity index (χ2n) is 3.22. The Bertz CT molecular complexity index is 472. The van der Waals surface area contributed by atoms with E-state index in [0.29, 0.717) is 6.42 Å². The molecule has 1 aromatic heterocycles. The molecule has 0 radical (unpaired) electrons. The first-order valence-electron chi connectivity index (χ1n) is 4.77. The van der Waals surface area contributed by atoms with Crippen molar-refractivity contribution in [2.45, 2.75) is 18.6 Å². The number of aromatic amines is 1. The molecule has 0 aliphatic heterocycles. The van der Waals surface area contributed by atoms with Gasteiger partial charge in [0.15, 0.2) is 5.82 Å². The fourth-order valence-electron chi connectivity index (χ4n) is 1.14. The van der Waals surface area contributed by atoms with Crippen molar-refractivity contribution in [2.24, 2.45) is 5.73 Å². The van der Waals surface area contributed by atoms with E-state index in [1.165, 1.54) is 12.1 Å². The third-order valence-corrected chi connectivity index (χ3v) is 3.98. The molecule has 0 aliphatic carbocycles. The van der Waals surface area contributed by atoms with Crippen molar-refractivity contribution in [1.82, 2.24) is 10.2 Å². The minimum Gasteiger partial charge on any atom is -0.329 e. The first kappa shape index (κ1) is 12.7. The van der Waals surface area contributed by atoms with E-state index in [-0.39, 0.29) is 12.4 Å². The molecule has 90 valence electrons. The van der Waals surface area contributed by atoms with E-state index < -0.39 is 20.8 Å². The fraction of sp³-hybridized carbons (Fsp3) is 0.500. The van der Waals surface area contributed by atoms with Crippen LogP contribution >= 0.6 is 0 Å². The van der Waals surface area contributed by atoms with E-state index in [0.717, 1.165) is 0 Å². The number of hydrogen-bond acceptors (Lipinski definition) is 5. The van der Waals surface area contributed by atoms with Crippen molar-refractivity contribution in [3.05, 3.63) is 22.5 Å². The average molecular weight is 246 g/mol. The highest BCUT2D eigenvalue weighted by Gasteiger charge is 2.22. The van der Waals surface area contributed by atoms with Crippen LogP contribution in [0.5, 0.6) is 0 Å². The molecule has 1 aromatic rings. The molecule has 1 atom stereocenters. The Morgan fingerprint density at radius 3 is 2.69 bits per heavy atom. The van der Waals surface area contributed by atoms with Gasteiger partial charge in [-0.1, -0.05) is 6.92 Å². The smallest absolute Gasteiger partial charge is 0.264 e. The summed E-state index contributed by atoms with van der Waals surface area (Å²) in [5, 5.41) is 5.01. The van der Waals surface area contributed by atoms with Crippen molar-refractivity contribution < 1.29 is 8.42 Å². The van der Waals surface area contributed by atoms with Gasteiger partial charge >= 0.3 is 0 Å². The van der Waals surface area contributed by atoms with Crippen molar-refractivity contribution >= 4 is 15.8 Å². The molecule has 0 spiro atoms. The van der Waals surface area contributed by atoms with Gasteiger partial charge in [-0.15, -0.1) is 0 Å². The van der Waals surface area contributed by atoms with E-state index in [1.54, 1.807) is 6.92 Å². The minimum absolute atomic E-state index is 0.0369. The van der Waals surface area contributed by atoms with Gasteiger partial charge in [-0.3, -0.25) is 9.52 Å². The molecule has 16 heavy (non-hydrogen) atoms. The third-order valence-electron chi connectivity index (χ3n) is 2.08. The van der Waals surface area contributed by atoms with Gasteiger partial charge in [-0.25, -0.2) is 13.5 Å². The Balaban J connectivity index is 2.88. The normalized spacial score (nSPS) is 13.4. The molecule has 1 rings (SSSR count). The summed E-state index contributed by atoms with van der Waals surface area (Å²) in [6, 6.07) is 2.48. The highest BCUT2D eigenvalue weighted by molar-refractivity contribution is 7.93. The second-order valence-corrected chi connectivity index (χ2v) is 5.18. The van der Waals surface area contributed by atoms with Gasteiger partial charge in [0.05, 0.1) is 5.25 Å². The van der Waals surface area contributed by atoms with Crippen LogP contribution in [0.3, 0.4) is 0 Å². The summed E-state index contributed by atoms with van der Waals surface area (Å²) in [6.07, 6.45) is 0.412. The molecule has 0 bridgehead atoms. The Hall–Kier alpha value is -1.41. The van der Waals surface area contributed by atoms with Gasteiger partial charge < -0.3 is 5.73 Å². The van der Waals surface area contributed by atoms with Crippen LogP contribution in [-0.4, -0.2) is 30.4 Å². The quantitative estimate of drug-likeness (QED) is 0.631. The first-order chi connectivity index (χ1) is 7.49. The van der Waals surface area contributed by atoms with Crippen LogP contribution in [0.25, 0.3) is 0 Å². The number of anilines is 1. The van der Waals surface area contributed by atoms with Crippen LogP contribution in [0.2, 0.25) is 0 Å². The second kappa shape index (κ2) is 5.08. The molecular weight excluding hydrogens is 232 g/mol. The topological polar surface area (TPSA) is 118 Å². The van der Waals surface area contributed by atoms with Crippen LogP contribution < -0.4 is 16.0 Å². The van der Waals surface area contributed by atoms with Crippen molar-refractivity contribution in [1.29, 1.82) is 0 Å². The number of nitrogens with one attached hydrogen (secondary N) is 2. The maximum atomic E-state index is 11.7. The summed E-state index contributed by atoms with van der Waals surface area (Å²) in [4.78, 5) is 10.7. The number of aromatic nitrogens is 2. The Morgan fingerprint density at radius 1 is 1.56 bits per heavy atom. The largest absolute Gasteiger partial charge is 0.329 e. The molecule has 8 heteroatoms. The van der Waals surface area contributed by atoms with Crippen LogP contribution in [0, 0.1) is 0 Å². The lowest BCUT2D eigenvalue weighted by Crippen LogP contribution is -2.34. The van der Waals surface area contributed by atoms with E-state index in [2.05, 4.69) is 14.9 Å². The molecular formula is C8H14N4O3S. The van der Waals surface area contributed by atoms with Gasteiger partial charge in [-0.2, -0.15) is 5.10 Å². The maximum Gasteiger partial charge on any atom is 0.264 e. The number of H-pyrrole nitrogens is 1. The number of rotatable bonds is 5. The first-order valence-corrected chi connectivity index (χ1v) is 6.31. The van der Waals surface area contributed by atoms with Crippen LogP contribution in [0.15, 0.2) is 16.9 Å². The lowest BCUT2D eigenvalue weighted by atomic mass is 10.3. The lowest BCUT2D eigenvalue weighted by molar-refractivity contribution is 0.581. The molecule has 1 heterocycles. The zero-order valence-electron chi connectivity index (χ0n) is 8.80. The zero-order chi connectivity index (χ0) is 12.2. The number of hydrogen-bond donors (Lipinski definition) is 3. The summed E-state index contributed by atoms with van der Waals surface area (Å²) >= 11 is 0. The van der Waals surface area contributed by atoms with Gasteiger partial charge in [0.25, 0.3) is 5.56 Å². The van der Waals surface area contributed by atoms with Crippen molar-refractivity contribution in [3.63, 3.8) is 0 Å². The Kier molecular flexibility index (Phi) is 4.02. The molecule has 0 aromatic carbocycles. The summed E-state index contributed by atoms with van der Waals surface area (Å²) in [7, 11) is -3.55. The summed E-state index contributed by atoms with van der Waals surface area (Å²) in [5.41, 5.74) is 4.96. The predicted octanol–water partition coefficient (Wildman–Crippen LogP) is -0.751. The van der Waals surface area contributed by atoms with Crippen LogP contribution in [-0.2, 0) is 10.0 Å². The highest BCUT2D eigenvalue weighted by Crippen LogP contribution is 2.08. The van der Waals surface area contributed by atoms with Crippen LogP contribution in [0.4, 0.5) is 5.82 Å².